The smallest absolute Gasteiger partial charge is 0.416 e. The summed E-state index contributed by atoms with van der Waals surface area (Å²) in [6.45, 7) is 14.2. The van der Waals surface area contributed by atoms with Crippen LogP contribution in [0.2, 0.25) is 0 Å². The molecule has 0 bridgehead atoms. The van der Waals surface area contributed by atoms with Crippen molar-refractivity contribution in [3.63, 3.8) is 0 Å². The molecule has 2 atom stereocenters. The summed E-state index contributed by atoms with van der Waals surface area (Å²) in [5, 5.41) is 10.1. The molecule has 3 heterocycles. The number of β-amino-alcohol motifs (C(OH)–C–C–N with tert-alkyl or cyclic N) is 1. The Kier molecular flexibility index (Phi) is 14.9. The van der Waals surface area contributed by atoms with Gasteiger partial charge in [0.25, 0.3) is 0 Å². The van der Waals surface area contributed by atoms with Gasteiger partial charge in [0.15, 0.2) is 0 Å². The number of piperidine rings is 2. The zero-order chi connectivity index (χ0) is 44.9. The highest BCUT2D eigenvalue weighted by Crippen LogP contribution is 2.39. The van der Waals surface area contributed by atoms with Crippen LogP contribution < -0.4 is 4.72 Å². The summed E-state index contributed by atoms with van der Waals surface area (Å²) in [6, 6.07) is 19.7. The number of para-hydroxylation sites is 1. The van der Waals surface area contributed by atoms with Gasteiger partial charge in [-0.25, -0.2) is 4.79 Å². The number of rotatable bonds is 7. The van der Waals surface area contributed by atoms with Crippen molar-refractivity contribution in [1.29, 1.82) is 0 Å². The van der Waals surface area contributed by atoms with Crippen LogP contribution in [-0.4, -0.2) is 101 Å². The largest absolute Gasteiger partial charge is 0.444 e. The molecule has 3 N–H and O–H groups in total. The average Bonchev–Trinajstić information content (AvgIpc) is 3.58. The van der Waals surface area contributed by atoms with E-state index < -0.39 is 45.9 Å². The molecule has 3 aliphatic heterocycles. The van der Waals surface area contributed by atoms with Gasteiger partial charge in [-0.05, 0) is 98.1 Å². The lowest BCUT2D eigenvalue weighted by Crippen LogP contribution is -2.50. The van der Waals surface area contributed by atoms with Crippen molar-refractivity contribution in [2.45, 2.75) is 121 Å². The van der Waals surface area contributed by atoms with Crippen LogP contribution in [0.1, 0.15) is 113 Å². The Morgan fingerprint density at radius 1 is 0.754 bits per heavy atom. The Balaban J connectivity index is 0.000000231. The quantitative estimate of drug-likeness (QED) is 0.202. The van der Waals surface area contributed by atoms with Crippen LogP contribution in [0.4, 0.5) is 23.7 Å². The van der Waals surface area contributed by atoms with Gasteiger partial charge in [0.05, 0.1) is 30.3 Å². The first-order valence-corrected chi connectivity index (χ1v) is 22.2. The van der Waals surface area contributed by atoms with Gasteiger partial charge < -0.3 is 19.6 Å². The minimum atomic E-state index is -4.48. The first-order valence-electron chi connectivity index (χ1n) is 20.7. The summed E-state index contributed by atoms with van der Waals surface area (Å²) >= 11 is 0. The van der Waals surface area contributed by atoms with Gasteiger partial charge in [0, 0.05) is 32.6 Å². The number of halogens is 3. The Labute approximate surface area is 357 Å². The van der Waals surface area contributed by atoms with E-state index in [9.17, 15) is 41.1 Å². The van der Waals surface area contributed by atoms with Crippen molar-refractivity contribution >= 4 is 33.9 Å². The SMILES string of the molecule is CC(C)(C)OC(=O)N1C[C@H](O)C[C@@H]1C(=O)N1CCC(c2ccccc2C(C)(C)C)CC1.O=C(Cc1ccccc1NS(=O)(=O)O)N1CCC(c2ccccc2C(F)(F)F)CC1. The number of carbonyl (C=O) groups excluding carboxylic acids is 3. The first-order chi connectivity index (χ1) is 28.4. The molecule has 3 saturated heterocycles. The van der Waals surface area contributed by atoms with E-state index in [2.05, 4.69) is 45.0 Å². The van der Waals surface area contributed by atoms with E-state index in [0.717, 1.165) is 18.9 Å². The first kappa shape index (κ1) is 47.4. The number of nitrogens with one attached hydrogen (secondary N) is 1. The van der Waals surface area contributed by atoms with E-state index in [1.165, 1.54) is 34.2 Å². The number of hydrogen-bond acceptors (Lipinski definition) is 7. The molecule has 0 saturated carbocycles. The number of amides is 3. The summed E-state index contributed by atoms with van der Waals surface area (Å²) in [5.41, 5.74) is 2.30. The summed E-state index contributed by atoms with van der Waals surface area (Å²) in [4.78, 5) is 43.3. The Morgan fingerprint density at radius 3 is 1.77 bits per heavy atom. The normalized spacial score (nSPS) is 19.6. The van der Waals surface area contributed by atoms with Crippen LogP contribution in [0.25, 0.3) is 0 Å². The standard InChI is InChI=1S/C25H38N2O4.C20H21F3N2O4S/c1-24(2,3)20-10-8-7-9-19(20)17-11-13-26(14-12-17)22(29)21-15-18(28)16-27(21)23(30)31-25(4,5)6;21-20(22,23)17-7-3-2-6-16(17)14-9-11-25(12-10-14)19(26)13-15-5-1-4-8-18(15)24-30(27,28)29/h7-10,17-18,21,28H,11-16H2,1-6H3;1-8,14,24H,9-13H2,(H,27,28,29)/t18-,21-;/m1./s1. The second-order valence-corrected chi connectivity index (χ2v) is 19.3. The third-order valence-corrected chi connectivity index (χ3v) is 11.8. The molecule has 3 fully saturated rings. The maximum atomic E-state index is 13.3. The van der Waals surface area contributed by atoms with Gasteiger partial charge in [0.1, 0.15) is 11.6 Å². The maximum Gasteiger partial charge on any atom is 0.416 e. The molecule has 3 aliphatic rings. The number of hydrogen-bond donors (Lipinski definition) is 3. The fourth-order valence-electron chi connectivity index (χ4n) is 8.47. The van der Waals surface area contributed by atoms with Crippen LogP contribution in [0.15, 0.2) is 72.8 Å². The molecule has 0 spiro atoms. The van der Waals surface area contributed by atoms with E-state index in [4.69, 9.17) is 9.29 Å². The fraction of sp³-hybridized carbons (Fsp3) is 0.533. The Morgan fingerprint density at radius 2 is 1.25 bits per heavy atom. The van der Waals surface area contributed by atoms with Crippen molar-refractivity contribution in [3.8, 4) is 0 Å². The molecule has 6 rings (SSSR count). The minimum absolute atomic E-state index is 0.0787. The molecule has 0 aromatic heterocycles. The molecule has 16 heteroatoms. The summed E-state index contributed by atoms with van der Waals surface area (Å²) < 4.78 is 78.4. The predicted octanol–water partition coefficient (Wildman–Crippen LogP) is 7.93. The van der Waals surface area contributed by atoms with E-state index in [0.29, 0.717) is 50.5 Å². The van der Waals surface area contributed by atoms with Gasteiger partial charge >= 0.3 is 22.6 Å². The number of aliphatic hydroxyl groups is 1. The van der Waals surface area contributed by atoms with E-state index in [-0.39, 0.29) is 53.8 Å². The third kappa shape index (κ3) is 12.9. The molecule has 0 aliphatic carbocycles. The zero-order valence-electron chi connectivity index (χ0n) is 35.7. The molecule has 3 aromatic carbocycles. The molecule has 3 aromatic rings. The van der Waals surface area contributed by atoms with E-state index in [1.807, 2.05) is 9.62 Å². The van der Waals surface area contributed by atoms with Gasteiger partial charge in [0.2, 0.25) is 11.8 Å². The molecular formula is C45H59F3N4O8S. The fourth-order valence-corrected chi connectivity index (χ4v) is 8.94. The van der Waals surface area contributed by atoms with E-state index >= 15 is 0 Å². The molecule has 334 valence electrons. The highest BCUT2D eigenvalue weighted by Gasteiger charge is 2.43. The number of ether oxygens (including phenoxy) is 1. The molecular weight excluding hydrogens is 814 g/mol. The lowest BCUT2D eigenvalue weighted by molar-refractivity contribution is -0.139. The monoisotopic (exact) mass is 872 g/mol. The average molecular weight is 873 g/mol. The second-order valence-electron chi connectivity index (χ2n) is 18.1. The van der Waals surface area contributed by atoms with Crippen LogP contribution >= 0.6 is 0 Å². The van der Waals surface area contributed by atoms with Crippen molar-refractivity contribution in [2.75, 3.05) is 37.4 Å². The van der Waals surface area contributed by atoms with Gasteiger partial charge in [-0.3, -0.25) is 23.8 Å². The van der Waals surface area contributed by atoms with E-state index in [1.54, 1.807) is 49.9 Å². The lowest BCUT2D eigenvalue weighted by atomic mass is 9.77. The van der Waals surface area contributed by atoms with Crippen molar-refractivity contribution in [2.24, 2.45) is 0 Å². The topological polar surface area (TPSA) is 157 Å². The van der Waals surface area contributed by atoms with Crippen LogP contribution in [0.5, 0.6) is 0 Å². The highest BCUT2D eigenvalue weighted by atomic mass is 32.2. The Hall–Kier alpha value is -4.67. The highest BCUT2D eigenvalue weighted by molar-refractivity contribution is 7.87. The number of benzene rings is 3. The third-order valence-electron chi connectivity index (χ3n) is 11.4. The number of anilines is 1. The number of likely N-dealkylation sites (tertiary alicyclic amines) is 3. The molecule has 0 radical (unpaired) electrons. The minimum Gasteiger partial charge on any atom is -0.444 e. The number of carbonyl (C=O) groups is 3. The van der Waals surface area contributed by atoms with Crippen LogP contribution in [0, 0.1) is 0 Å². The molecule has 61 heavy (non-hydrogen) atoms. The zero-order valence-corrected chi connectivity index (χ0v) is 36.6. The van der Waals surface area contributed by atoms with Crippen LogP contribution in [-0.2, 0) is 42.6 Å². The maximum absolute atomic E-state index is 13.3. The lowest BCUT2D eigenvalue weighted by Gasteiger charge is -2.37. The van der Waals surface area contributed by atoms with Crippen molar-refractivity contribution in [3.05, 3.63) is 101 Å². The number of aliphatic hydroxyl groups excluding tert-OH is 1. The summed E-state index contributed by atoms with van der Waals surface area (Å²) in [6.07, 6.45) is -2.86. The molecule has 0 unspecified atom stereocenters. The van der Waals surface area contributed by atoms with Gasteiger partial charge in [-0.2, -0.15) is 21.6 Å². The van der Waals surface area contributed by atoms with Gasteiger partial charge in [-0.15, -0.1) is 0 Å². The molecule has 12 nitrogen and oxygen atoms in total. The Bertz CT molecular complexity index is 2120. The second kappa shape index (κ2) is 19.2. The van der Waals surface area contributed by atoms with Crippen molar-refractivity contribution < 1.29 is 50.4 Å². The van der Waals surface area contributed by atoms with Crippen molar-refractivity contribution in [1.82, 2.24) is 14.7 Å². The summed E-state index contributed by atoms with van der Waals surface area (Å²) in [7, 11) is -4.48. The molecule has 3 amide bonds. The summed E-state index contributed by atoms with van der Waals surface area (Å²) in [5.74, 6) is -0.205. The van der Waals surface area contributed by atoms with Crippen LogP contribution in [0.3, 0.4) is 0 Å². The van der Waals surface area contributed by atoms with Gasteiger partial charge in [-0.1, -0.05) is 81.4 Å². The number of alkyl halides is 3. The number of nitrogens with zero attached hydrogens (tertiary/aromatic N) is 3. The predicted molar refractivity (Wildman–Crippen MR) is 226 cm³/mol.